The lowest BCUT2D eigenvalue weighted by Crippen LogP contribution is -2.02. The Morgan fingerprint density at radius 1 is 0.233 bits per heavy atom. The SMILES string of the molecule is c1ccc(-c2ccc3c(c2)oc2c4oc5cc(-c6ccccc6)ccc5n5c6ccc(-c7ccccc7)cc6oc(c6oc7cc(-c8ccccc8)ccc7n3c26)c45)cc1. The van der Waals surface area contributed by atoms with E-state index in [0.29, 0.717) is 55.7 Å². The molecule has 0 fully saturated rings. The largest absolute Gasteiger partial charge is 0.449 e. The van der Waals surface area contributed by atoms with Crippen LogP contribution >= 0.6 is 0 Å². The monoisotopic (exact) mass is 772 g/mol. The first kappa shape index (κ1) is 32.8. The van der Waals surface area contributed by atoms with Gasteiger partial charge in [0.25, 0.3) is 0 Å². The van der Waals surface area contributed by atoms with Crippen LogP contribution in [0.4, 0.5) is 0 Å². The summed E-state index contributed by atoms with van der Waals surface area (Å²) in [7, 11) is 0. The van der Waals surface area contributed by atoms with Crippen LogP contribution < -0.4 is 0 Å². The predicted octanol–water partition coefficient (Wildman–Crippen LogP) is 15.3. The standard InChI is InChI=1S/C54H32N2O4/c1-5-13-33(14-6-1)37-21-25-41-45(29-37)57-51-49-53(59-46-30-38(22-26-42(46)55(41)49)34-15-7-2-8-16-34)54-50-52(51)58-47-31-39(35-17-9-3-10-18-35)23-27-43(47)56(50)44-28-24-40(32-48(44)60-54)36-19-11-4-12-20-36/h1-32H. The van der Waals surface area contributed by atoms with Crippen molar-refractivity contribution in [3.8, 4) is 44.5 Å². The summed E-state index contributed by atoms with van der Waals surface area (Å²) in [5, 5.41) is 0. The zero-order valence-corrected chi connectivity index (χ0v) is 32.0. The molecule has 282 valence electrons. The average molecular weight is 773 g/mol. The molecule has 0 saturated carbocycles. The van der Waals surface area contributed by atoms with Gasteiger partial charge < -0.3 is 17.7 Å². The van der Waals surface area contributed by atoms with Crippen molar-refractivity contribution < 1.29 is 17.7 Å². The Kier molecular flexibility index (Phi) is 6.91. The fourth-order valence-corrected chi connectivity index (χ4v) is 8.97. The molecule has 0 unspecified atom stereocenters. The number of rotatable bonds is 4. The summed E-state index contributed by atoms with van der Waals surface area (Å²) in [6, 6.07) is 67.1. The summed E-state index contributed by atoms with van der Waals surface area (Å²) >= 11 is 0. The molecule has 0 spiro atoms. The van der Waals surface area contributed by atoms with Crippen LogP contribution in [-0.4, -0.2) is 8.80 Å². The zero-order valence-electron chi connectivity index (χ0n) is 32.0. The van der Waals surface area contributed by atoms with E-state index in [9.17, 15) is 0 Å². The third-order valence-corrected chi connectivity index (χ3v) is 11.8. The first-order chi connectivity index (χ1) is 29.7. The minimum atomic E-state index is 0.549. The van der Waals surface area contributed by atoms with Crippen molar-refractivity contribution in [2.45, 2.75) is 0 Å². The van der Waals surface area contributed by atoms with Gasteiger partial charge in [0.2, 0.25) is 0 Å². The Labute approximate surface area is 341 Å². The molecule has 4 heterocycles. The number of nitrogens with zero attached hydrogens (tertiary/aromatic N) is 2. The second-order valence-electron chi connectivity index (χ2n) is 15.3. The molecule has 0 N–H and O–H groups in total. The molecule has 4 aromatic heterocycles. The van der Waals surface area contributed by atoms with Gasteiger partial charge in [0.1, 0.15) is 11.0 Å². The van der Waals surface area contributed by atoms with E-state index in [2.05, 4.69) is 179 Å². The minimum Gasteiger partial charge on any atom is -0.449 e. The lowest BCUT2D eigenvalue weighted by atomic mass is 10.0. The van der Waals surface area contributed by atoms with Crippen molar-refractivity contribution in [3.63, 3.8) is 0 Å². The maximum atomic E-state index is 7.13. The van der Waals surface area contributed by atoms with E-state index in [4.69, 9.17) is 17.7 Å². The summed E-state index contributed by atoms with van der Waals surface area (Å²) in [5.41, 5.74) is 18.6. The van der Waals surface area contributed by atoms with E-state index in [1.54, 1.807) is 0 Å². The number of fused-ring (bicyclic) bond motifs is 10. The van der Waals surface area contributed by atoms with Gasteiger partial charge in [-0.05, 0) is 93.0 Å². The molecule has 13 aromatic rings. The molecule has 13 rings (SSSR count). The number of benzene rings is 9. The summed E-state index contributed by atoms with van der Waals surface area (Å²) in [5.74, 6) is 0. The molecule has 6 nitrogen and oxygen atoms in total. The maximum Gasteiger partial charge on any atom is 0.200 e. The summed E-state index contributed by atoms with van der Waals surface area (Å²) < 4.78 is 33.0. The van der Waals surface area contributed by atoms with E-state index >= 15 is 0 Å². The van der Waals surface area contributed by atoms with Gasteiger partial charge in [-0.25, -0.2) is 0 Å². The molecule has 0 aliphatic carbocycles. The van der Waals surface area contributed by atoms with E-state index in [1.807, 2.05) is 24.3 Å². The number of hydrogen-bond donors (Lipinski definition) is 0. The highest BCUT2D eigenvalue weighted by Crippen LogP contribution is 2.44. The first-order valence-electron chi connectivity index (χ1n) is 20.1. The molecule has 0 saturated heterocycles. The van der Waals surface area contributed by atoms with Crippen molar-refractivity contribution in [3.05, 3.63) is 194 Å². The Morgan fingerprint density at radius 2 is 0.467 bits per heavy atom. The molecule has 0 atom stereocenters. The van der Waals surface area contributed by atoms with Crippen LogP contribution in [-0.2, 0) is 0 Å². The molecular formula is C54H32N2O4. The highest BCUT2D eigenvalue weighted by Gasteiger charge is 2.27. The third kappa shape index (κ3) is 4.88. The van der Waals surface area contributed by atoms with Crippen LogP contribution in [0.15, 0.2) is 212 Å². The first-order valence-corrected chi connectivity index (χ1v) is 20.1. The van der Waals surface area contributed by atoms with Crippen LogP contribution in [0.1, 0.15) is 0 Å². The molecule has 0 amide bonds. The Balaban J connectivity index is 1.24. The second kappa shape index (κ2) is 12.6. The molecule has 0 aliphatic rings. The van der Waals surface area contributed by atoms with Crippen molar-refractivity contribution in [2.24, 2.45) is 0 Å². The van der Waals surface area contributed by atoms with Gasteiger partial charge in [-0.1, -0.05) is 146 Å². The molecule has 60 heavy (non-hydrogen) atoms. The van der Waals surface area contributed by atoms with Gasteiger partial charge in [0.05, 0.1) is 22.1 Å². The highest BCUT2D eigenvalue weighted by molar-refractivity contribution is 6.20. The topological polar surface area (TPSA) is 61.4 Å². The van der Waals surface area contributed by atoms with Crippen molar-refractivity contribution in [1.29, 1.82) is 0 Å². The molecule has 0 radical (unpaired) electrons. The van der Waals surface area contributed by atoms with Crippen LogP contribution in [0.25, 0.3) is 122 Å². The van der Waals surface area contributed by atoms with Crippen LogP contribution in [0, 0.1) is 0 Å². The number of aromatic nitrogens is 2. The van der Waals surface area contributed by atoms with Crippen molar-refractivity contribution in [2.75, 3.05) is 0 Å². The van der Waals surface area contributed by atoms with Crippen LogP contribution in [0.3, 0.4) is 0 Å². The molecule has 9 aromatic carbocycles. The Bertz CT molecular complexity index is 3360. The summed E-state index contributed by atoms with van der Waals surface area (Å²) in [6.45, 7) is 0. The fourth-order valence-electron chi connectivity index (χ4n) is 8.97. The Morgan fingerprint density at radius 3 is 0.700 bits per heavy atom. The van der Waals surface area contributed by atoms with Gasteiger partial charge >= 0.3 is 0 Å². The van der Waals surface area contributed by atoms with E-state index < -0.39 is 0 Å². The minimum absolute atomic E-state index is 0.549. The van der Waals surface area contributed by atoms with Gasteiger partial charge in [0.15, 0.2) is 44.7 Å². The lowest BCUT2D eigenvalue weighted by molar-refractivity contribution is 0.597. The van der Waals surface area contributed by atoms with Gasteiger partial charge in [-0.3, -0.25) is 8.80 Å². The number of hydrogen-bond acceptors (Lipinski definition) is 4. The van der Waals surface area contributed by atoms with Crippen LogP contribution in [0.2, 0.25) is 0 Å². The summed E-state index contributed by atoms with van der Waals surface area (Å²) in [4.78, 5) is 0. The molecule has 0 aliphatic heterocycles. The quantitative estimate of drug-likeness (QED) is 0.132. The fraction of sp³-hybridized carbons (Fsp3) is 0. The molecular weight excluding hydrogens is 741 g/mol. The van der Waals surface area contributed by atoms with Gasteiger partial charge in [-0.15, -0.1) is 0 Å². The van der Waals surface area contributed by atoms with Gasteiger partial charge in [0, 0.05) is 0 Å². The third-order valence-electron chi connectivity index (χ3n) is 11.8. The second-order valence-corrected chi connectivity index (χ2v) is 15.3. The zero-order chi connectivity index (χ0) is 39.3. The predicted molar refractivity (Wildman–Crippen MR) is 242 cm³/mol. The summed E-state index contributed by atoms with van der Waals surface area (Å²) in [6.07, 6.45) is 0. The lowest BCUT2D eigenvalue weighted by Gasteiger charge is -2.19. The van der Waals surface area contributed by atoms with E-state index in [-0.39, 0.29) is 0 Å². The van der Waals surface area contributed by atoms with Crippen molar-refractivity contribution in [1.82, 2.24) is 8.80 Å². The van der Waals surface area contributed by atoms with Gasteiger partial charge in [-0.2, -0.15) is 0 Å². The van der Waals surface area contributed by atoms with E-state index in [0.717, 1.165) is 66.6 Å². The van der Waals surface area contributed by atoms with Crippen molar-refractivity contribution >= 4 is 77.8 Å². The van der Waals surface area contributed by atoms with E-state index in [1.165, 1.54) is 0 Å². The maximum absolute atomic E-state index is 7.13. The molecule has 6 heteroatoms. The highest BCUT2D eigenvalue weighted by atomic mass is 16.4. The smallest absolute Gasteiger partial charge is 0.200 e. The normalized spacial score (nSPS) is 12.0. The van der Waals surface area contributed by atoms with Crippen LogP contribution in [0.5, 0.6) is 0 Å². The average Bonchev–Trinajstić information content (AvgIpc) is 3.32. The Hall–Kier alpha value is -8.22. The molecule has 0 bridgehead atoms.